The number of hydrogen-bond acceptors (Lipinski definition) is 4. The summed E-state index contributed by atoms with van der Waals surface area (Å²) >= 11 is 0. The van der Waals surface area contributed by atoms with Crippen molar-refractivity contribution in [2.45, 2.75) is 0 Å². The summed E-state index contributed by atoms with van der Waals surface area (Å²) in [6.07, 6.45) is 0. The van der Waals surface area contributed by atoms with Gasteiger partial charge in [0.25, 0.3) is 0 Å². The molecule has 0 saturated heterocycles. The minimum Gasteiger partial charge on any atom is -0.456 e. The van der Waals surface area contributed by atoms with E-state index in [0.717, 1.165) is 60.5 Å². The lowest BCUT2D eigenvalue weighted by Gasteiger charge is -2.15. The second-order valence-electron chi connectivity index (χ2n) is 12.3. The van der Waals surface area contributed by atoms with Gasteiger partial charge >= 0.3 is 0 Å². The lowest BCUT2D eigenvalue weighted by atomic mass is 9.92. The molecule has 0 radical (unpaired) electrons. The third kappa shape index (κ3) is 4.42. The number of nitrogens with zero attached hydrogens (tertiary/aromatic N) is 3. The Bertz CT molecular complexity index is 2890. The maximum atomic E-state index is 6.28. The molecule has 4 heteroatoms. The van der Waals surface area contributed by atoms with Crippen LogP contribution in [0.4, 0.5) is 0 Å². The third-order valence-corrected chi connectivity index (χ3v) is 9.52. The molecule has 0 fully saturated rings. The van der Waals surface area contributed by atoms with Crippen LogP contribution in [0, 0.1) is 0 Å². The Morgan fingerprint density at radius 1 is 0.327 bits per heavy atom. The van der Waals surface area contributed by atoms with Crippen molar-refractivity contribution in [2.75, 3.05) is 0 Å². The highest BCUT2D eigenvalue weighted by Gasteiger charge is 2.20. The molecule has 4 nitrogen and oxygen atoms in total. The van der Waals surface area contributed by atoms with Crippen molar-refractivity contribution in [2.24, 2.45) is 0 Å². The van der Waals surface area contributed by atoms with Gasteiger partial charge in [-0.15, -0.1) is 0 Å². The van der Waals surface area contributed by atoms with Crippen LogP contribution in [0.1, 0.15) is 0 Å². The van der Waals surface area contributed by atoms with E-state index in [9.17, 15) is 0 Å². The van der Waals surface area contributed by atoms with Crippen LogP contribution in [0.25, 0.3) is 99.5 Å². The maximum Gasteiger partial charge on any atom is 0.164 e. The molecule has 0 bridgehead atoms. The molecule has 0 amide bonds. The molecule has 0 aliphatic carbocycles. The van der Waals surface area contributed by atoms with Gasteiger partial charge in [0, 0.05) is 32.8 Å². The largest absolute Gasteiger partial charge is 0.456 e. The van der Waals surface area contributed by atoms with Gasteiger partial charge in [-0.3, -0.25) is 0 Å². The molecule has 49 heavy (non-hydrogen) atoms. The first-order chi connectivity index (χ1) is 24.3. The summed E-state index contributed by atoms with van der Waals surface area (Å²) < 4.78 is 6.28. The first-order valence-electron chi connectivity index (χ1n) is 16.5. The molecule has 0 aliphatic heterocycles. The quantitative estimate of drug-likeness (QED) is 0.183. The Balaban J connectivity index is 1.29. The second-order valence-corrected chi connectivity index (χ2v) is 12.3. The molecule has 0 N–H and O–H groups in total. The van der Waals surface area contributed by atoms with Gasteiger partial charge < -0.3 is 4.42 Å². The molecule has 0 unspecified atom stereocenters. The molecule has 2 aromatic heterocycles. The highest BCUT2D eigenvalue weighted by Crippen LogP contribution is 2.42. The monoisotopic (exact) mass is 625 g/mol. The predicted molar refractivity (Wildman–Crippen MR) is 201 cm³/mol. The van der Waals surface area contributed by atoms with E-state index in [1.807, 2.05) is 36.4 Å². The minimum absolute atomic E-state index is 0.616. The average molecular weight is 626 g/mol. The molecular weight excluding hydrogens is 599 g/mol. The summed E-state index contributed by atoms with van der Waals surface area (Å²) in [5.74, 6) is 1.88. The van der Waals surface area contributed by atoms with E-state index in [2.05, 4.69) is 127 Å². The van der Waals surface area contributed by atoms with E-state index in [1.165, 1.54) is 21.5 Å². The van der Waals surface area contributed by atoms with Gasteiger partial charge in [-0.25, -0.2) is 15.0 Å². The predicted octanol–water partition coefficient (Wildman–Crippen LogP) is 11.9. The second kappa shape index (κ2) is 11.0. The topological polar surface area (TPSA) is 51.8 Å². The Hall–Kier alpha value is -6.65. The molecule has 10 aromatic rings. The Kier molecular flexibility index (Phi) is 6.15. The SMILES string of the molecule is c1ccc(-c2nc(-c3ccccc3-c3cccc4oc5ccccc5c34)nc(-c3cc4ccccc4c4ccc5ccccc5c34)n2)cc1. The fraction of sp³-hybridized carbons (Fsp3) is 0. The van der Waals surface area contributed by atoms with Crippen molar-refractivity contribution in [3.8, 4) is 45.3 Å². The molecule has 2 heterocycles. The molecule has 0 atom stereocenters. The number of hydrogen-bond donors (Lipinski definition) is 0. The van der Waals surface area contributed by atoms with Gasteiger partial charge in [0.05, 0.1) is 0 Å². The summed E-state index contributed by atoms with van der Waals surface area (Å²) in [4.78, 5) is 15.7. The Morgan fingerprint density at radius 2 is 0.939 bits per heavy atom. The molecule has 8 aromatic carbocycles. The van der Waals surface area contributed by atoms with Crippen LogP contribution in [0.2, 0.25) is 0 Å². The Labute approximate surface area is 282 Å². The number of para-hydroxylation sites is 1. The highest BCUT2D eigenvalue weighted by molar-refractivity contribution is 6.22. The summed E-state index contributed by atoms with van der Waals surface area (Å²) in [5, 5.41) is 9.16. The van der Waals surface area contributed by atoms with E-state index in [-0.39, 0.29) is 0 Å². The number of aromatic nitrogens is 3. The van der Waals surface area contributed by atoms with Gasteiger partial charge in [0.15, 0.2) is 17.5 Å². The van der Waals surface area contributed by atoms with Gasteiger partial charge in [0.1, 0.15) is 11.2 Å². The van der Waals surface area contributed by atoms with Crippen molar-refractivity contribution in [3.63, 3.8) is 0 Å². The van der Waals surface area contributed by atoms with Crippen molar-refractivity contribution in [3.05, 3.63) is 164 Å². The normalized spacial score (nSPS) is 11.7. The first kappa shape index (κ1) is 27.5. The van der Waals surface area contributed by atoms with Crippen LogP contribution < -0.4 is 0 Å². The van der Waals surface area contributed by atoms with E-state index >= 15 is 0 Å². The van der Waals surface area contributed by atoms with Crippen molar-refractivity contribution >= 4 is 54.3 Å². The zero-order chi connectivity index (χ0) is 32.3. The molecular formula is C45H27N3O. The first-order valence-corrected chi connectivity index (χ1v) is 16.5. The number of benzene rings is 8. The lowest BCUT2D eigenvalue weighted by Crippen LogP contribution is -2.02. The van der Waals surface area contributed by atoms with Crippen molar-refractivity contribution in [1.82, 2.24) is 15.0 Å². The number of fused-ring (bicyclic) bond motifs is 8. The lowest BCUT2D eigenvalue weighted by molar-refractivity contribution is 0.669. The Morgan fingerprint density at radius 3 is 1.80 bits per heavy atom. The van der Waals surface area contributed by atoms with Gasteiger partial charge in [-0.1, -0.05) is 146 Å². The minimum atomic E-state index is 0.616. The van der Waals surface area contributed by atoms with E-state index in [4.69, 9.17) is 19.4 Å². The van der Waals surface area contributed by atoms with Gasteiger partial charge in [-0.2, -0.15) is 0 Å². The molecule has 228 valence electrons. The smallest absolute Gasteiger partial charge is 0.164 e. The van der Waals surface area contributed by atoms with Gasteiger partial charge in [-0.05, 0) is 56.3 Å². The standard InChI is InChI=1S/C45H27N3O/c1-2-14-29(15-3-1)43-46-44(36-20-9-8-19-33(36)34-22-12-24-40-42(34)37-21-10-11-23-39(37)49-40)48-45(47-43)38-27-30-16-5-6-17-31(30)35-26-25-28-13-4-7-18-32(28)41(35)38/h1-27H. The van der Waals surface area contributed by atoms with Crippen molar-refractivity contribution in [1.29, 1.82) is 0 Å². The molecule has 0 saturated carbocycles. The van der Waals surface area contributed by atoms with Crippen LogP contribution in [0.3, 0.4) is 0 Å². The van der Waals surface area contributed by atoms with E-state index in [1.54, 1.807) is 0 Å². The molecule has 0 spiro atoms. The van der Waals surface area contributed by atoms with Crippen LogP contribution in [-0.2, 0) is 0 Å². The van der Waals surface area contributed by atoms with Crippen LogP contribution in [-0.4, -0.2) is 15.0 Å². The van der Waals surface area contributed by atoms with E-state index < -0.39 is 0 Å². The zero-order valence-electron chi connectivity index (χ0n) is 26.3. The molecule has 0 aliphatic rings. The number of furan rings is 1. The van der Waals surface area contributed by atoms with Crippen LogP contribution in [0.15, 0.2) is 168 Å². The number of rotatable bonds is 4. The zero-order valence-corrected chi connectivity index (χ0v) is 26.3. The molecule has 10 rings (SSSR count). The fourth-order valence-electron chi connectivity index (χ4n) is 7.30. The summed E-state index contributed by atoms with van der Waals surface area (Å²) in [6, 6.07) is 56.8. The van der Waals surface area contributed by atoms with E-state index in [0.29, 0.717) is 17.5 Å². The summed E-state index contributed by atoms with van der Waals surface area (Å²) in [7, 11) is 0. The highest BCUT2D eigenvalue weighted by atomic mass is 16.3. The van der Waals surface area contributed by atoms with Crippen LogP contribution in [0.5, 0.6) is 0 Å². The summed E-state index contributed by atoms with van der Waals surface area (Å²) in [5.41, 5.74) is 6.66. The fourth-order valence-corrected chi connectivity index (χ4v) is 7.30. The van der Waals surface area contributed by atoms with Crippen LogP contribution >= 0.6 is 0 Å². The third-order valence-electron chi connectivity index (χ3n) is 9.52. The average Bonchev–Trinajstić information content (AvgIpc) is 3.57. The van der Waals surface area contributed by atoms with Crippen molar-refractivity contribution < 1.29 is 4.42 Å². The van der Waals surface area contributed by atoms with Gasteiger partial charge in [0.2, 0.25) is 0 Å². The maximum absolute atomic E-state index is 6.28. The summed E-state index contributed by atoms with van der Waals surface area (Å²) in [6.45, 7) is 0.